The molecule has 78 valence electrons. The van der Waals surface area contributed by atoms with Crippen LogP contribution in [0.2, 0.25) is 5.02 Å². The number of benzene rings is 1. The minimum absolute atomic E-state index is 0.466. The first-order valence-electron chi connectivity index (χ1n) is 4.88. The van der Waals surface area contributed by atoms with E-state index in [1.165, 1.54) is 0 Å². The second kappa shape index (κ2) is 5.23. The Kier molecular flexibility index (Phi) is 4.23. The van der Waals surface area contributed by atoms with Crippen molar-refractivity contribution >= 4 is 17.3 Å². The Bertz CT molecular complexity index is 301. The number of aliphatic hydroxyl groups is 1. The topological polar surface area (TPSA) is 46.2 Å². The maximum Gasteiger partial charge on any atom is 0.0809 e. The molecule has 14 heavy (non-hydrogen) atoms. The fourth-order valence-electron chi connectivity index (χ4n) is 1.40. The lowest BCUT2D eigenvalue weighted by molar-refractivity contribution is 0.165. The van der Waals surface area contributed by atoms with E-state index in [0.717, 1.165) is 24.8 Å². The molecule has 1 atom stereocenters. The Morgan fingerprint density at radius 2 is 2.21 bits per heavy atom. The van der Waals surface area contributed by atoms with Crippen LogP contribution in [0.4, 0.5) is 5.69 Å². The van der Waals surface area contributed by atoms with Crippen molar-refractivity contribution in [1.82, 2.24) is 0 Å². The van der Waals surface area contributed by atoms with E-state index in [-0.39, 0.29) is 0 Å². The summed E-state index contributed by atoms with van der Waals surface area (Å²) >= 11 is 5.76. The third-order valence-corrected chi connectivity index (χ3v) is 2.47. The summed E-state index contributed by atoms with van der Waals surface area (Å²) in [6, 6.07) is 5.21. The van der Waals surface area contributed by atoms with Gasteiger partial charge in [-0.05, 0) is 18.6 Å². The van der Waals surface area contributed by atoms with Crippen LogP contribution in [-0.2, 0) is 0 Å². The molecule has 0 saturated carbocycles. The third kappa shape index (κ3) is 2.89. The number of rotatable bonds is 4. The van der Waals surface area contributed by atoms with Gasteiger partial charge in [0.15, 0.2) is 0 Å². The molecule has 0 aliphatic heterocycles. The quantitative estimate of drug-likeness (QED) is 0.755. The van der Waals surface area contributed by atoms with Gasteiger partial charge in [0, 0.05) is 16.3 Å². The van der Waals surface area contributed by atoms with E-state index in [4.69, 9.17) is 17.3 Å². The molecule has 0 aliphatic carbocycles. The van der Waals surface area contributed by atoms with Crippen LogP contribution in [0.5, 0.6) is 0 Å². The number of unbranched alkanes of at least 4 members (excludes halogenated alkanes) is 1. The number of nitrogen functional groups attached to an aromatic ring is 1. The van der Waals surface area contributed by atoms with Crippen molar-refractivity contribution in [2.75, 3.05) is 5.73 Å². The molecular weight excluding hydrogens is 198 g/mol. The number of nitrogens with two attached hydrogens (primary N) is 1. The van der Waals surface area contributed by atoms with Gasteiger partial charge >= 0.3 is 0 Å². The fourth-order valence-corrected chi connectivity index (χ4v) is 1.58. The number of hydrogen-bond acceptors (Lipinski definition) is 2. The molecule has 0 aliphatic rings. The molecular formula is C11H16ClNO. The van der Waals surface area contributed by atoms with Crippen molar-refractivity contribution in [2.45, 2.75) is 32.3 Å². The van der Waals surface area contributed by atoms with Crippen molar-refractivity contribution in [2.24, 2.45) is 0 Å². The molecule has 0 saturated heterocycles. The van der Waals surface area contributed by atoms with Gasteiger partial charge in [-0.25, -0.2) is 0 Å². The van der Waals surface area contributed by atoms with Gasteiger partial charge < -0.3 is 10.8 Å². The van der Waals surface area contributed by atoms with E-state index in [9.17, 15) is 5.11 Å². The summed E-state index contributed by atoms with van der Waals surface area (Å²) in [5.74, 6) is 0. The first-order chi connectivity index (χ1) is 6.65. The summed E-state index contributed by atoms with van der Waals surface area (Å²) in [4.78, 5) is 0. The van der Waals surface area contributed by atoms with E-state index in [0.29, 0.717) is 10.7 Å². The number of halogens is 1. The van der Waals surface area contributed by atoms with Crippen molar-refractivity contribution in [3.8, 4) is 0 Å². The summed E-state index contributed by atoms with van der Waals surface area (Å²) in [6.07, 6.45) is 2.36. The minimum atomic E-state index is -0.466. The first-order valence-corrected chi connectivity index (χ1v) is 5.26. The van der Waals surface area contributed by atoms with Gasteiger partial charge in [-0.1, -0.05) is 37.4 Å². The highest BCUT2D eigenvalue weighted by Gasteiger charge is 2.10. The van der Waals surface area contributed by atoms with Crippen LogP contribution in [0, 0.1) is 0 Å². The normalized spacial score (nSPS) is 12.8. The highest BCUT2D eigenvalue weighted by Crippen LogP contribution is 2.26. The Balaban J connectivity index is 2.74. The predicted molar refractivity (Wildman–Crippen MR) is 60.3 cm³/mol. The molecule has 0 heterocycles. The van der Waals surface area contributed by atoms with Crippen LogP contribution < -0.4 is 5.73 Å². The van der Waals surface area contributed by atoms with Crippen molar-refractivity contribution in [1.29, 1.82) is 0 Å². The Hall–Kier alpha value is -0.730. The second-order valence-electron chi connectivity index (χ2n) is 3.43. The summed E-state index contributed by atoms with van der Waals surface area (Å²) in [5.41, 5.74) is 7.10. The summed E-state index contributed by atoms with van der Waals surface area (Å²) in [5, 5.41) is 10.4. The van der Waals surface area contributed by atoms with E-state index in [1.807, 2.05) is 0 Å². The SMILES string of the molecule is CCCCC(O)c1ccc(Cl)cc1N. The molecule has 0 aromatic heterocycles. The van der Waals surface area contributed by atoms with Gasteiger partial charge in [0.05, 0.1) is 6.10 Å². The molecule has 2 nitrogen and oxygen atoms in total. The largest absolute Gasteiger partial charge is 0.398 e. The van der Waals surface area contributed by atoms with E-state index in [2.05, 4.69) is 6.92 Å². The van der Waals surface area contributed by atoms with Gasteiger partial charge in [0.2, 0.25) is 0 Å². The Morgan fingerprint density at radius 3 is 2.79 bits per heavy atom. The highest BCUT2D eigenvalue weighted by molar-refractivity contribution is 6.30. The molecule has 0 spiro atoms. The average molecular weight is 214 g/mol. The molecule has 1 rings (SSSR count). The monoisotopic (exact) mass is 213 g/mol. The van der Waals surface area contributed by atoms with Gasteiger partial charge in [-0.3, -0.25) is 0 Å². The highest BCUT2D eigenvalue weighted by atomic mass is 35.5. The van der Waals surface area contributed by atoms with E-state index >= 15 is 0 Å². The lowest BCUT2D eigenvalue weighted by Crippen LogP contribution is -2.01. The van der Waals surface area contributed by atoms with Gasteiger partial charge in [0.25, 0.3) is 0 Å². The molecule has 1 aromatic carbocycles. The summed E-state index contributed by atoms with van der Waals surface area (Å²) in [7, 11) is 0. The molecule has 3 N–H and O–H groups in total. The fraction of sp³-hybridized carbons (Fsp3) is 0.455. The average Bonchev–Trinajstić information content (AvgIpc) is 2.14. The summed E-state index contributed by atoms with van der Waals surface area (Å²) < 4.78 is 0. The maximum atomic E-state index is 9.80. The molecule has 1 aromatic rings. The van der Waals surface area contributed by atoms with Gasteiger partial charge in [-0.2, -0.15) is 0 Å². The Labute approximate surface area is 89.7 Å². The van der Waals surface area contributed by atoms with Gasteiger partial charge in [-0.15, -0.1) is 0 Å². The van der Waals surface area contributed by atoms with Gasteiger partial charge in [0.1, 0.15) is 0 Å². The van der Waals surface area contributed by atoms with Crippen LogP contribution in [0.15, 0.2) is 18.2 Å². The maximum absolute atomic E-state index is 9.80. The van der Waals surface area contributed by atoms with Crippen LogP contribution in [-0.4, -0.2) is 5.11 Å². The van der Waals surface area contributed by atoms with Crippen molar-refractivity contribution in [3.05, 3.63) is 28.8 Å². The number of hydrogen-bond donors (Lipinski definition) is 2. The molecule has 3 heteroatoms. The van der Waals surface area contributed by atoms with E-state index < -0.39 is 6.10 Å². The smallest absolute Gasteiger partial charge is 0.0809 e. The molecule has 0 fully saturated rings. The lowest BCUT2D eigenvalue weighted by atomic mass is 10.0. The predicted octanol–water partition coefficient (Wildman–Crippen LogP) is 3.15. The van der Waals surface area contributed by atoms with Crippen LogP contribution in [0.25, 0.3) is 0 Å². The third-order valence-electron chi connectivity index (χ3n) is 2.24. The minimum Gasteiger partial charge on any atom is -0.398 e. The molecule has 0 bridgehead atoms. The van der Waals surface area contributed by atoms with Crippen LogP contribution in [0.3, 0.4) is 0 Å². The second-order valence-corrected chi connectivity index (χ2v) is 3.87. The lowest BCUT2D eigenvalue weighted by Gasteiger charge is -2.12. The zero-order valence-corrected chi connectivity index (χ0v) is 9.09. The first kappa shape index (κ1) is 11.3. The zero-order chi connectivity index (χ0) is 10.6. The number of aliphatic hydroxyl groups excluding tert-OH is 1. The van der Waals surface area contributed by atoms with Crippen LogP contribution in [0.1, 0.15) is 37.9 Å². The van der Waals surface area contributed by atoms with Crippen molar-refractivity contribution in [3.63, 3.8) is 0 Å². The molecule has 0 radical (unpaired) electrons. The summed E-state index contributed by atoms with van der Waals surface area (Å²) in [6.45, 7) is 2.10. The zero-order valence-electron chi connectivity index (χ0n) is 8.33. The van der Waals surface area contributed by atoms with E-state index in [1.54, 1.807) is 18.2 Å². The van der Waals surface area contributed by atoms with Crippen molar-refractivity contribution < 1.29 is 5.11 Å². The van der Waals surface area contributed by atoms with Crippen LogP contribution >= 0.6 is 11.6 Å². The molecule has 1 unspecified atom stereocenters. The number of anilines is 1. The molecule has 0 amide bonds. The standard InChI is InChI=1S/C11H16ClNO/c1-2-3-4-11(14)9-6-5-8(12)7-10(9)13/h5-7,11,14H,2-4,13H2,1H3. The Morgan fingerprint density at radius 1 is 1.50 bits per heavy atom.